The molecule has 24 aromatic rings. The maximum absolute atomic E-state index is 6.10. The van der Waals surface area contributed by atoms with Crippen molar-refractivity contribution in [2.45, 2.75) is 0 Å². The predicted octanol–water partition coefficient (Wildman–Crippen LogP) is 25.5. The highest BCUT2D eigenvalue weighted by Crippen LogP contribution is 2.47. The molecule has 0 radical (unpaired) electrons. The third-order valence-electron chi connectivity index (χ3n) is 21.8. The largest absolute Gasteiger partial charge is 0.456 e. The number of aromatic nitrogens is 8. The van der Waals surface area contributed by atoms with E-state index >= 15 is 0 Å². The van der Waals surface area contributed by atoms with Crippen LogP contribution in [0.3, 0.4) is 0 Å². The molecule has 0 bridgehead atoms. The summed E-state index contributed by atoms with van der Waals surface area (Å²) < 4.78 is 17.9. The lowest BCUT2D eigenvalue weighted by atomic mass is 9.93. The molecule has 0 amide bonds. The standard InChI is InChI=1S/C48H28N4O.C48H28N4S/c1-2-14-35-32(11-1)37(30-23-21-29(22-24-30)31-25-26-45-38(27-31)34-13-5-10-20-44(34)53-45)28-39-33-12-4-8-18-42(33)51(46(35)39)48-50-40-16-6-3-15-36(40)47-49-41-17-7-9-19-43(41)52(47)48;1-2-15-35-32(12-1)38(30-26-24-29(25-27-30)31-17-11-18-36-34-14-5-10-23-44(34)53-46(31)36)28-39-33-13-4-8-21-42(33)51(45(35)39)48-50-40-19-6-3-16-37(40)47-49-41-20-7-9-22-43(41)52(47)48/h2*1-28H. The number of para-hydroxylation sites is 9. The van der Waals surface area contributed by atoms with Crippen LogP contribution in [0.1, 0.15) is 0 Å². The zero-order valence-electron chi connectivity index (χ0n) is 56.7. The van der Waals surface area contributed by atoms with Crippen molar-refractivity contribution in [3.05, 3.63) is 340 Å². The van der Waals surface area contributed by atoms with Crippen LogP contribution in [0.15, 0.2) is 344 Å². The smallest absolute Gasteiger partial charge is 0.221 e. The molecular weight excluding hydrogens is 1310 g/mol. The van der Waals surface area contributed by atoms with Crippen LogP contribution in [0.25, 0.3) is 219 Å². The Balaban J connectivity index is 0.000000129. The van der Waals surface area contributed by atoms with Crippen molar-refractivity contribution in [3.8, 4) is 56.4 Å². The number of thiophene rings is 1. The van der Waals surface area contributed by atoms with Gasteiger partial charge < -0.3 is 4.42 Å². The summed E-state index contributed by atoms with van der Waals surface area (Å²) in [6.45, 7) is 0. The zero-order chi connectivity index (χ0) is 69.2. The van der Waals surface area contributed by atoms with Crippen molar-refractivity contribution in [1.82, 2.24) is 37.9 Å². The van der Waals surface area contributed by atoms with Gasteiger partial charge in [-0.25, -0.2) is 19.9 Å². The van der Waals surface area contributed by atoms with Gasteiger partial charge in [-0.1, -0.05) is 243 Å². The van der Waals surface area contributed by atoms with Crippen LogP contribution >= 0.6 is 11.3 Å². The number of benzene rings is 16. The molecule has 0 unspecified atom stereocenters. The SMILES string of the molecule is c1ccc2c(c1)nc(-n1c3ccccc3c3cc(-c4ccc(-c5ccc6oc7ccccc7c6c5)cc4)c4ccccc4c31)n1c3ccccc3nc21.c1ccc2c(c1)nc(-n1c3ccccc3c3cc(-c4ccc(-c5cccc6c5sc5ccccc56)cc4)c4ccccc4c31)n1c3ccccc3nc21. The summed E-state index contributed by atoms with van der Waals surface area (Å²) in [6, 6.07) is 121. The van der Waals surface area contributed by atoms with Gasteiger partial charge in [0.1, 0.15) is 22.5 Å². The lowest BCUT2D eigenvalue weighted by Gasteiger charge is -2.15. The van der Waals surface area contributed by atoms with Gasteiger partial charge in [0.25, 0.3) is 0 Å². The Morgan fingerprint density at radius 1 is 0.236 bits per heavy atom. The van der Waals surface area contributed by atoms with Crippen molar-refractivity contribution < 1.29 is 4.42 Å². The summed E-state index contributed by atoms with van der Waals surface area (Å²) in [7, 11) is 0. The van der Waals surface area contributed by atoms with E-state index in [4.69, 9.17) is 24.4 Å². The first-order valence-corrected chi connectivity index (χ1v) is 36.7. The summed E-state index contributed by atoms with van der Waals surface area (Å²) in [5.74, 6) is 1.65. The maximum Gasteiger partial charge on any atom is 0.221 e. The maximum atomic E-state index is 6.10. The zero-order valence-corrected chi connectivity index (χ0v) is 57.5. The number of hydrogen-bond donors (Lipinski definition) is 0. The number of fused-ring (bicyclic) bond motifs is 26. The molecule has 0 aliphatic rings. The van der Waals surface area contributed by atoms with Gasteiger partial charge >= 0.3 is 0 Å². The van der Waals surface area contributed by atoms with Crippen molar-refractivity contribution >= 4 is 174 Å². The van der Waals surface area contributed by atoms with Crippen molar-refractivity contribution in [2.75, 3.05) is 0 Å². The van der Waals surface area contributed by atoms with E-state index in [2.05, 4.69) is 339 Å². The Morgan fingerprint density at radius 2 is 0.632 bits per heavy atom. The second kappa shape index (κ2) is 22.7. The van der Waals surface area contributed by atoms with E-state index in [1.54, 1.807) is 0 Å². The van der Waals surface area contributed by atoms with E-state index in [-0.39, 0.29) is 0 Å². The second-order valence-electron chi connectivity index (χ2n) is 27.6. The van der Waals surface area contributed by atoms with Crippen molar-refractivity contribution in [3.63, 3.8) is 0 Å². The first-order valence-electron chi connectivity index (χ1n) is 35.8. The molecule has 0 saturated carbocycles. The minimum atomic E-state index is 0.822. The molecular formula is C96H56N8OS. The molecule has 0 N–H and O–H groups in total. The third-order valence-corrected chi connectivity index (χ3v) is 23.0. The van der Waals surface area contributed by atoms with Gasteiger partial charge in [-0.05, 0) is 152 Å². The molecule has 0 atom stereocenters. The highest BCUT2D eigenvalue weighted by molar-refractivity contribution is 7.26. The van der Waals surface area contributed by atoms with E-state index in [0.717, 1.165) is 111 Å². The molecule has 16 aromatic carbocycles. The molecule has 8 heterocycles. The summed E-state index contributed by atoms with van der Waals surface area (Å²) in [6.07, 6.45) is 0. The number of imidazole rings is 2. The molecule has 24 rings (SSSR count). The van der Waals surface area contributed by atoms with E-state index in [9.17, 15) is 0 Å². The van der Waals surface area contributed by atoms with Crippen LogP contribution in [-0.4, -0.2) is 37.9 Å². The van der Waals surface area contributed by atoms with Crippen LogP contribution in [-0.2, 0) is 0 Å². The number of furan rings is 1. The Morgan fingerprint density at radius 3 is 1.18 bits per heavy atom. The Labute approximate surface area is 608 Å². The Hall–Kier alpha value is -14.1. The lowest BCUT2D eigenvalue weighted by molar-refractivity contribution is 0.669. The number of rotatable bonds is 6. The van der Waals surface area contributed by atoms with Gasteiger partial charge in [0.15, 0.2) is 0 Å². The van der Waals surface area contributed by atoms with Gasteiger partial charge in [-0.15, -0.1) is 11.3 Å². The second-order valence-corrected chi connectivity index (χ2v) is 28.6. The summed E-state index contributed by atoms with van der Waals surface area (Å²) in [4.78, 5) is 21.1. The first kappa shape index (κ1) is 58.6. The molecule has 0 saturated heterocycles. The van der Waals surface area contributed by atoms with Crippen LogP contribution in [0.2, 0.25) is 0 Å². The highest BCUT2D eigenvalue weighted by Gasteiger charge is 2.26. The van der Waals surface area contributed by atoms with E-state index in [0.29, 0.717) is 0 Å². The molecule has 0 aliphatic heterocycles. The molecule has 492 valence electrons. The minimum absolute atomic E-state index is 0.822. The summed E-state index contributed by atoms with van der Waals surface area (Å²) in [5.41, 5.74) is 23.5. The highest BCUT2D eigenvalue weighted by atomic mass is 32.1. The average Bonchev–Trinajstić information content (AvgIpc) is 1.54. The molecule has 106 heavy (non-hydrogen) atoms. The lowest BCUT2D eigenvalue weighted by Crippen LogP contribution is -2.06. The van der Waals surface area contributed by atoms with E-state index in [1.165, 1.54) is 108 Å². The molecule has 0 aliphatic carbocycles. The van der Waals surface area contributed by atoms with Crippen LogP contribution in [0, 0.1) is 0 Å². The van der Waals surface area contributed by atoms with Crippen LogP contribution in [0.5, 0.6) is 0 Å². The Kier molecular flexibility index (Phi) is 12.6. The first-order chi connectivity index (χ1) is 52.6. The minimum Gasteiger partial charge on any atom is -0.456 e. The van der Waals surface area contributed by atoms with Crippen molar-refractivity contribution in [1.29, 1.82) is 0 Å². The fraction of sp³-hybridized carbons (Fsp3) is 0. The third kappa shape index (κ3) is 8.64. The number of hydrogen-bond acceptors (Lipinski definition) is 6. The monoisotopic (exact) mass is 1370 g/mol. The van der Waals surface area contributed by atoms with Gasteiger partial charge in [0, 0.05) is 74.0 Å². The molecule has 0 spiro atoms. The quantitative estimate of drug-likeness (QED) is 0.166. The normalized spacial score (nSPS) is 12.2. The summed E-state index contributed by atoms with van der Waals surface area (Å²) in [5, 5.41) is 16.5. The van der Waals surface area contributed by atoms with E-state index < -0.39 is 0 Å². The fourth-order valence-corrected chi connectivity index (χ4v) is 18.3. The van der Waals surface area contributed by atoms with Crippen LogP contribution < -0.4 is 0 Å². The van der Waals surface area contributed by atoms with Gasteiger partial charge in [0.2, 0.25) is 11.9 Å². The number of nitrogens with zero attached hydrogens (tertiary/aromatic N) is 8. The van der Waals surface area contributed by atoms with Gasteiger partial charge in [-0.2, -0.15) is 0 Å². The van der Waals surface area contributed by atoms with E-state index in [1.807, 2.05) is 29.5 Å². The topological polar surface area (TPSA) is 83.4 Å². The average molecular weight is 1370 g/mol. The van der Waals surface area contributed by atoms with Crippen LogP contribution in [0.4, 0.5) is 0 Å². The predicted molar refractivity (Wildman–Crippen MR) is 442 cm³/mol. The van der Waals surface area contributed by atoms with Gasteiger partial charge in [-0.3, -0.25) is 17.9 Å². The van der Waals surface area contributed by atoms with Crippen molar-refractivity contribution in [2.24, 2.45) is 0 Å². The molecule has 9 nitrogen and oxygen atoms in total. The molecule has 0 fully saturated rings. The molecule has 8 aromatic heterocycles. The summed E-state index contributed by atoms with van der Waals surface area (Å²) >= 11 is 1.88. The van der Waals surface area contributed by atoms with Gasteiger partial charge in [0.05, 0.1) is 55.2 Å². The molecule has 10 heteroatoms. The fourth-order valence-electron chi connectivity index (χ4n) is 17.0. The Bertz CT molecular complexity index is 7830.